The second-order valence-electron chi connectivity index (χ2n) is 8.27. The molecule has 1 aliphatic rings. The molecule has 0 spiro atoms. The molecule has 0 aromatic heterocycles. The fourth-order valence-electron chi connectivity index (χ4n) is 4.13. The monoisotopic (exact) mass is 427 g/mol. The fourth-order valence-corrected chi connectivity index (χ4v) is 4.13. The fraction of sp³-hybridized carbons (Fsp3) is 0.259. The molecule has 0 radical (unpaired) electrons. The van der Waals surface area contributed by atoms with Gasteiger partial charge in [-0.3, -0.25) is 9.59 Å². The molecule has 0 saturated carbocycles. The molecule has 32 heavy (non-hydrogen) atoms. The second kappa shape index (κ2) is 10.2. The summed E-state index contributed by atoms with van der Waals surface area (Å²) in [5.41, 5.74) is 3.56. The third kappa shape index (κ3) is 5.24. The van der Waals surface area contributed by atoms with Crippen LogP contribution in [-0.2, 0) is 4.79 Å². The molecule has 3 aromatic rings. The highest BCUT2D eigenvalue weighted by molar-refractivity contribution is 5.94. The molecule has 2 amide bonds. The van der Waals surface area contributed by atoms with Crippen LogP contribution in [0.5, 0.6) is 0 Å². The van der Waals surface area contributed by atoms with Crippen LogP contribution in [0.25, 0.3) is 0 Å². The van der Waals surface area contributed by atoms with Gasteiger partial charge in [-0.05, 0) is 49.6 Å². The van der Waals surface area contributed by atoms with Gasteiger partial charge in [-0.15, -0.1) is 0 Å². The Bertz CT molecular complexity index is 1030. The molecular formula is C27H29N3O2. The van der Waals surface area contributed by atoms with E-state index in [-0.39, 0.29) is 17.9 Å². The predicted octanol–water partition coefficient (Wildman–Crippen LogP) is 4.08. The average molecular weight is 428 g/mol. The van der Waals surface area contributed by atoms with Crippen molar-refractivity contribution in [1.29, 1.82) is 0 Å². The third-order valence-corrected chi connectivity index (χ3v) is 5.93. The van der Waals surface area contributed by atoms with E-state index >= 15 is 0 Å². The minimum atomic E-state index is -0.433. The van der Waals surface area contributed by atoms with Gasteiger partial charge >= 0.3 is 0 Å². The molecule has 1 fully saturated rings. The summed E-state index contributed by atoms with van der Waals surface area (Å²) in [6.07, 6.45) is 1.80. The van der Waals surface area contributed by atoms with Crippen molar-refractivity contribution in [3.63, 3.8) is 0 Å². The number of rotatable bonds is 7. The lowest BCUT2D eigenvalue weighted by molar-refractivity contribution is -0.123. The van der Waals surface area contributed by atoms with E-state index in [4.69, 9.17) is 0 Å². The number of nitrogens with one attached hydrogen (secondary N) is 3. The maximum atomic E-state index is 13.2. The lowest BCUT2D eigenvalue weighted by Gasteiger charge is -2.31. The Morgan fingerprint density at radius 3 is 1.91 bits per heavy atom. The Balaban J connectivity index is 1.68. The van der Waals surface area contributed by atoms with Gasteiger partial charge in [0.25, 0.3) is 5.91 Å². The first-order valence-corrected chi connectivity index (χ1v) is 11.1. The van der Waals surface area contributed by atoms with Crippen molar-refractivity contribution in [2.75, 3.05) is 6.54 Å². The number of aryl methyl sites for hydroxylation is 1. The van der Waals surface area contributed by atoms with Crippen LogP contribution in [0, 0.1) is 6.92 Å². The smallest absolute Gasteiger partial charge is 0.251 e. The summed E-state index contributed by atoms with van der Waals surface area (Å²) in [6, 6.07) is 26.1. The standard InChI is InChI=1S/C27H29N3O2/c1-19-14-16-22(17-15-19)26(31)29-24(20-9-4-2-5-10-20)25(21-11-6-3-7-12-21)30-27(32)23-13-8-18-28-23/h2-7,9-12,14-17,23-25,28H,8,13,18H2,1H3,(H,29,31)(H,30,32)/t23-,24+,25+/m0/s1. The molecule has 1 heterocycles. The molecule has 164 valence electrons. The van der Waals surface area contributed by atoms with Gasteiger partial charge in [0, 0.05) is 5.56 Å². The van der Waals surface area contributed by atoms with Gasteiger partial charge in [-0.1, -0.05) is 78.4 Å². The Kier molecular flexibility index (Phi) is 6.97. The average Bonchev–Trinajstić information content (AvgIpc) is 3.38. The van der Waals surface area contributed by atoms with E-state index in [0.717, 1.165) is 36.1 Å². The largest absolute Gasteiger partial charge is 0.345 e. The maximum Gasteiger partial charge on any atom is 0.251 e. The van der Waals surface area contributed by atoms with Gasteiger partial charge in [0.2, 0.25) is 5.91 Å². The molecule has 3 atom stereocenters. The second-order valence-corrected chi connectivity index (χ2v) is 8.27. The first-order chi connectivity index (χ1) is 15.6. The van der Waals surface area contributed by atoms with Crippen LogP contribution in [0.3, 0.4) is 0 Å². The molecule has 0 bridgehead atoms. The molecular weight excluding hydrogens is 398 g/mol. The molecule has 5 heteroatoms. The number of carbonyl (C=O) groups excluding carboxylic acids is 2. The van der Waals surface area contributed by atoms with Crippen LogP contribution < -0.4 is 16.0 Å². The van der Waals surface area contributed by atoms with Gasteiger partial charge in [0.1, 0.15) is 0 Å². The number of amides is 2. The van der Waals surface area contributed by atoms with E-state index in [1.54, 1.807) is 0 Å². The van der Waals surface area contributed by atoms with Gasteiger partial charge < -0.3 is 16.0 Å². The summed E-state index contributed by atoms with van der Waals surface area (Å²) in [6.45, 7) is 2.84. The van der Waals surface area contributed by atoms with Crippen LogP contribution in [-0.4, -0.2) is 24.4 Å². The van der Waals surface area contributed by atoms with Crippen molar-refractivity contribution in [3.05, 3.63) is 107 Å². The lowest BCUT2D eigenvalue weighted by atomic mass is 9.92. The van der Waals surface area contributed by atoms with Crippen LogP contribution in [0.2, 0.25) is 0 Å². The van der Waals surface area contributed by atoms with Crippen molar-refractivity contribution in [3.8, 4) is 0 Å². The van der Waals surface area contributed by atoms with Gasteiger partial charge in [0.05, 0.1) is 18.1 Å². The SMILES string of the molecule is Cc1ccc(C(=O)N[C@H](c2ccccc2)[C@H](NC(=O)[C@@H]2CCCN2)c2ccccc2)cc1. The Morgan fingerprint density at radius 2 is 1.38 bits per heavy atom. The highest BCUT2D eigenvalue weighted by atomic mass is 16.2. The number of benzene rings is 3. The summed E-state index contributed by atoms with van der Waals surface area (Å²) in [5, 5.41) is 9.68. The van der Waals surface area contributed by atoms with E-state index in [9.17, 15) is 9.59 Å². The minimum Gasteiger partial charge on any atom is -0.345 e. The predicted molar refractivity (Wildman–Crippen MR) is 126 cm³/mol. The van der Waals surface area contributed by atoms with Crippen LogP contribution in [0.1, 0.15) is 52.0 Å². The molecule has 1 aliphatic heterocycles. The molecule has 3 aromatic carbocycles. The van der Waals surface area contributed by atoms with E-state index < -0.39 is 12.1 Å². The van der Waals surface area contributed by atoms with Crippen molar-refractivity contribution in [2.24, 2.45) is 0 Å². The topological polar surface area (TPSA) is 70.2 Å². The Morgan fingerprint density at radius 1 is 0.812 bits per heavy atom. The van der Waals surface area contributed by atoms with Crippen LogP contribution >= 0.6 is 0 Å². The van der Waals surface area contributed by atoms with E-state index in [0.29, 0.717) is 5.56 Å². The molecule has 0 unspecified atom stereocenters. The van der Waals surface area contributed by atoms with E-state index in [1.807, 2.05) is 91.9 Å². The minimum absolute atomic E-state index is 0.0399. The Hall–Kier alpha value is -3.44. The summed E-state index contributed by atoms with van der Waals surface area (Å²) in [4.78, 5) is 26.3. The molecule has 4 rings (SSSR count). The highest BCUT2D eigenvalue weighted by Gasteiger charge is 2.31. The van der Waals surface area contributed by atoms with Crippen molar-refractivity contribution in [2.45, 2.75) is 37.9 Å². The zero-order chi connectivity index (χ0) is 22.3. The third-order valence-electron chi connectivity index (χ3n) is 5.93. The first kappa shape index (κ1) is 21.8. The van der Waals surface area contributed by atoms with Crippen LogP contribution in [0.4, 0.5) is 0 Å². The first-order valence-electron chi connectivity index (χ1n) is 11.1. The molecule has 1 saturated heterocycles. The van der Waals surface area contributed by atoms with Gasteiger partial charge in [-0.25, -0.2) is 0 Å². The molecule has 3 N–H and O–H groups in total. The quantitative estimate of drug-likeness (QED) is 0.532. The van der Waals surface area contributed by atoms with Gasteiger partial charge in [0.15, 0.2) is 0 Å². The van der Waals surface area contributed by atoms with E-state index in [1.165, 1.54) is 0 Å². The summed E-state index contributed by atoms with van der Waals surface area (Å²) in [5.74, 6) is -0.213. The van der Waals surface area contributed by atoms with Crippen molar-refractivity contribution >= 4 is 11.8 Å². The van der Waals surface area contributed by atoms with Gasteiger partial charge in [-0.2, -0.15) is 0 Å². The summed E-state index contributed by atoms with van der Waals surface area (Å²) < 4.78 is 0. The number of carbonyl (C=O) groups is 2. The van der Waals surface area contributed by atoms with Crippen LogP contribution in [0.15, 0.2) is 84.9 Å². The maximum absolute atomic E-state index is 13.2. The Labute approximate surface area is 189 Å². The highest BCUT2D eigenvalue weighted by Crippen LogP contribution is 2.30. The van der Waals surface area contributed by atoms with E-state index in [2.05, 4.69) is 16.0 Å². The number of hydrogen-bond donors (Lipinski definition) is 3. The zero-order valence-electron chi connectivity index (χ0n) is 18.3. The number of hydrogen-bond acceptors (Lipinski definition) is 3. The lowest BCUT2D eigenvalue weighted by Crippen LogP contribution is -2.46. The summed E-state index contributed by atoms with van der Waals surface area (Å²) in [7, 11) is 0. The van der Waals surface area contributed by atoms with Crippen molar-refractivity contribution in [1.82, 2.24) is 16.0 Å². The molecule has 0 aliphatic carbocycles. The normalized spacial score (nSPS) is 17.3. The zero-order valence-corrected chi connectivity index (χ0v) is 18.3. The van der Waals surface area contributed by atoms with Crippen molar-refractivity contribution < 1.29 is 9.59 Å². The molecule has 5 nitrogen and oxygen atoms in total. The summed E-state index contributed by atoms with van der Waals surface area (Å²) >= 11 is 0.